The third-order valence-corrected chi connectivity index (χ3v) is 4.48. The van der Waals surface area contributed by atoms with E-state index in [1.54, 1.807) is 0 Å². The molecular formula is C8H6I2N2. The number of fused-ring (bicyclic) bond motifs is 1. The second-order valence-corrected chi connectivity index (χ2v) is 4.95. The Labute approximate surface area is 97.6 Å². The van der Waals surface area contributed by atoms with E-state index >= 15 is 0 Å². The molecule has 2 rings (SSSR count). The Morgan fingerprint density at radius 3 is 2.67 bits per heavy atom. The molecule has 0 aliphatic carbocycles. The van der Waals surface area contributed by atoms with Crippen molar-refractivity contribution in [2.24, 2.45) is 7.05 Å². The van der Waals surface area contributed by atoms with Crippen LogP contribution in [-0.4, -0.2) is 9.78 Å². The van der Waals surface area contributed by atoms with Gasteiger partial charge in [-0.05, 0) is 57.3 Å². The number of nitrogens with zero attached hydrogens (tertiary/aromatic N) is 2. The zero-order chi connectivity index (χ0) is 8.72. The molecule has 0 fully saturated rings. The Morgan fingerprint density at radius 2 is 1.92 bits per heavy atom. The summed E-state index contributed by atoms with van der Waals surface area (Å²) in [6, 6.07) is 4.27. The smallest absolute Gasteiger partial charge is 0.0934 e. The van der Waals surface area contributed by atoms with E-state index in [0.29, 0.717) is 0 Å². The molecule has 1 aromatic heterocycles. The summed E-state index contributed by atoms with van der Waals surface area (Å²) in [5.74, 6) is 0. The van der Waals surface area contributed by atoms with Crippen LogP contribution >= 0.6 is 45.2 Å². The molecule has 0 bridgehead atoms. The van der Waals surface area contributed by atoms with E-state index in [1.165, 1.54) is 12.5 Å². The summed E-state index contributed by atoms with van der Waals surface area (Å²) in [7, 11) is 1.94. The van der Waals surface area contributed by atoms with Crippen molar-refractivity contribution in [3.63, 3.8) is 0 Å². The molecule has 0 aliphatic heterocycles. The number of aromatic nitrogens is 2. The molecule has 0 aliphatic rings. The minimum atomic E-state index is 1.07. The summed E-state index contributed by atoms with van der Waals surface area (Å²) in [5.41, 5.74) is 1.07. The van der Waals surface area contributed by atoms with Crippen LogP contribution in [0.3, 0.4) is 0 Å². The standard InChI is InChI=1S/C8H6I2N2/c1-12-4-5-2-6(9)7(10)3-8(5)11-12/h2-4H,1H3. The summed E-state index contributed by atoms with van der Waals surface area (Å²) in [5, 5.41) is 5.53. The van der Waals surface area contributed by atoms with Crippen molar-refractivity contribution in [3.05, 3.63) is 25.5 Å². The fourth-order valence-corrected chi connectivity index (χ4v) is 2.08. The van der Waals surface area contributed by atoms with Gasteiger partial charge in [0.25, 0.3) is 0 Å². The molecule has 0 saturated heterocycles. The van der Waals surface area contributed by atoms with Gasteiger partial charge < -0.3 is 0 Å². The number of benzene rings is 1. The normalized spacial score (nSPS) is 10.9. The van der Waals surface area contributed by atoms with E-state index in [4.69, 9.17) is 0 Å². The van der Waals surface area contributed by atoms with Crippen LogP contribution in [0, 0.1) is 7.14 Å². The third kappa shape index (κ3) is 1.46. The van der Waals surface area contributed by atoms with Gasteiger partial charge in [0.2, 0.25) is 0 Å². The van der Waals surface area contributed by atoms with Crippen LogP contribution in [0.2, 0.25) is 0 Å². The number of halogens is 2. The molecule has 1 aromatic carbocycles. The Bertz CT molecular complexity index is 395. The van der Waals surface area contributed by atoms with Crippen molar-refractivity contribution < 1.29 is 0 Å². The molecule has 4 heteroatoms. The molecule has 0 atom stereocenters. The number of hydrogen-bond acceptors (Lipinski definition) is 1. The van der Waals surface area contributed by atoms with Gasteiger partial charge in [0.1, 0.15) is 0 Å². The Morgan fingerprint density at radius 1 is 1.25 bits per heavy atom. The van der Waals surface area contributed by atoms with E-state index in [0.717, 1.165) is 5.52 Å². The average molecular weight is 384 g/mol. The van der Waals surface area contributed by atoms with E-state index in [9.17, 15) is 0 Å². The first kappa shape index (κ1) is 8.74. The van der Waals surface area contributed by atoms with Crippen molar-refractivity contribution in [1.29, 1.82) is 0 Å². The number of aryl methyl sites for hydroxylation is 1. The predicted molar refractivity (Wildman–Crippen MR) is 66.1 cm³/mol. The van der Waals surface area contributed by atoms with Crippen molar-refractivity contribution in [1.82, 2.24) is 9.78 Å². The maximum absolute atomic E-state index is 4.32. The van der Waals surface area contributed by atoms with Crippen LogP contribution in [0.4, 0.5) is 0 Å². The molecule has 0 saturated carbocycles. The van der Waals surface area contributed by atoms with E-state index in [1.807, 2.05) is 17.9 Å². The molecule has 0 spiro atoms. The van der Waals surface area contributed by atoms with E-state index in [-0.39, 0.29) is 0 Å². The summed E-state index contributed by atoms with van der Waals surface area (Å²) < 4.78 is 4.39. The van der Waals surface area contributed by atoms with Gasteiger partial charge in [0.15, 0.2) is 0 Å². The summed E-state index contributed by atoms with van der Waals surface area (Å²) >= 11 is 4.66. The first-order chi connectivity index (χ1) is 5.66. The largest absolute Gasteiger partial charge is 0.275 e. The lowest BCUT2D eigenvalue weighted by Crippen LogP contribution is -1.85. The Hall–Kier alpha value is 0.150. The van der Waals surface area contributed by atoms with Crippen LogP contribution in [0.25, 0.3) is 10.9 Å². The fraction of sp³-hybridized carbons (Fsp3) is 0.125. The molecule has 0 unspecified atom stereocenters. The van der Waals surface area contributed by atoms with Gasteiger partial charge >= 0.3 is 0 Å². The van der Waals surface area contributed by atoms with Crippen molar-refractivity contribution >= 4 is 56.1 Å². The van der Waals surface area contributed by atoms with Crippen molar-refractivity contribution in [2.45, 2.75) is 0 Å². The van der Waals surface area contributed by atoms with E-state index < -0.39 is 0 Å². The quantitative estimate of drug-likeness (QED) is 0.640. The highest BCUT2D eigenvalue weighted by Gasteiger charge is 2.02. The molecule has 2 aromatic rings. The Balaban J connectivity index is 2.83. The lowest BCUT2D eigenvalue weighted by molar-refractivity contribution is 0.779. The third-order valence-electron chi connectivity index (χ3n) is 1.66. The fourth-order valence-electron chi connectivity index (χ4n) is 1.14. The highest BCUT2D eigenvalue weighted by atomic mass is 127. The molecule has 0 radical (unpaired) electrons. The summed E-state index contributed by atoms with van der Waals surface area (Å²) in [4.78, 5) is 0. The highest BCUT2D eigenvalue weighted by Crippen LogP contribution is 2.21. The molecule has 62 valence electrons. The second kappa shape index (κ2) is 3.13. The van der Waals surface area contributed by atoms with Gasteiger partial charge in [-0.15, -0.1) is 0 Å². The monoisotopic (exact) mass is 384 g/mol. The first-order valence-corrected chi connectivity index (χ1v) is 5.61. The predicted octanol–water partition coefficient (Wildman–Crippen LogP) is 2.78. The SMILES string of the molecule is Cn1cc2cc(I)c(I)cc2n1. The van der Waals surface area contributed by atoms with Crippen LogP contribution in [0.15, 0.2) is 18.3 Å². The molecule has 2 nitrogen and oxygen atoms in total. The van der Waals surface area contributed by atoms with Gasteiger partial charge in [0.05, 0.1) is 5.52 Å². The van der Waals surface area contributed by atoms with E-state index in [2.05, 4.69) is 62.4 Å². The Kier molecular flexibility index (Phi) is 2.28. The molecule has 12 heavy (non-hydrogen) atoms. The summed E-state index contributed by atoms with van der Waals surface area (Å²) in [6.07, 6.45) is 2.04. The lowest BCUT2D eigenvalue weighted by Gasteiger charge is -1.93. The highest BCUT2D eigenvalue weighted by molar-refractivity contribution is 14.1. The maximum atomic E-state index is 4.32. The molecule has 0 amide bonds. The molecule has 0 N–H and O–H groups in total. The molecular weight excluding hydrogens is 378 g/mol. The number of rotatable bonds is 0. The maximum Gasteiger partial charge on any atom is 0.0934 e. The van der Waals surface area contributed by atoms with Gasteiger partial charge in [-0.2, -0.15) is 5.10 Å². The average Bonchev–Trinajstić information content (AvgIpc) is 2.30. The minimum absolute atomic E-state index is 1.07. The number of hydrogen-bond donors (Lipinski definition) is 0. The second-order valence-electron chi connectivity index (χ2n) is 2.63. The zero-order valence-corrected chi connectivity index (χ0v) is 10.7. The molecule has 1 heterocycles. The van der Waals surface area contributed by atoms with Crippen LogP contribution in [0.1, 0.15) is 0 Å². The van der Waals surface area contributed by atoms with Gasteiger partial charge in [-0.3, -0.25) is 4.68 Å². The van der Waals surface area contributed by atoms with Crippen molar-refractivity contribution in [3.8, 4) is 0 Å². The summed E-state index contributed by atoms with van der Waals surface area (Å²) in [6.45, 7) is 0. The van der Waals surface area contributed by atoms with Crippen LogP contribution in [0.5, 0.6) is 0 Å². The van der Waals surface area contributed by atoms with Crippen LogP contribution in [-0.2, 0) is 7.05 Å². The first-order valence-electron chi connectivity index (χ1n) is 3.45. The van der Waals surface area contributed by atoms with Gasteiger partial charge in [-0.25, -0.2) is 0 Å². The van der Waals surface area contributed by atoms with Gasteiger partial charge in [-0.1, -0.05) is 0 Å². The van der Waals surface area contributed by atoms with Gasteiger partial charge in [0, 0.05) is 25.8 Å². The van der Waals surface area contributed by atoms with Crippen LogP contribution < -0.4 is 0 Å². The zero-order valence-electron chi connectivity index (χ0n) is 6.38. The van der Waals surface area contributed by atoms with Crippen molar-refractivity contribution in [2.75, 3.05) is 0 Å². The minimum Gasteiger partial charge on any atom is -0.275 e. The lowest BCUT2D eigenvalue weighted by atomic mass is 10.3. The topological polar surface area (TPSA) is 17.8 Å².